The van der Waals surface area contributed by atoms with E-state index in [4.69, 9.17) is 0 Å². The largest absolute Gasteiger partial charge is 0.493 e. The number of aromatic nitrogens is 4. The van der Waals surface area contributed by atoms with E-state index in [0.29, 0.717) is 47.8 Å². The van der Waals surface area contributed by atoms with Gasteiger partial charge in [-0.25, -0.2) is 4.98 Å². The molecule has 1 fully saturated rings. The van der Waals surface area contributed by atoms with Crippen molar-refractivity contribution in [1.29, 1.82) is 0 Å². The van der Waals surface area contributed by atoms with Crippen LogP contribution in [0.1, 0.15) is 30.9 Å². The molecule has 0 spiro atoms. The van der Waals surface area contributed by atoms with E-state index in [1.54, 1.807) is 11.8 Å². The van der Waals surface area contributed by atoms with Crippen molar-refractivity contribution in [2.75, 3.05) is 13.1 Å². The first-order chi connectivity index (χ1) is 16.7. The molecule has 3 heterocycles. The Morgan fingerprint density at radius 1 is 1.11 bits per heavy atom. The maximum Gasteiger partial charge on any atom is 0.416 e. The number of nitrogens with one attached hydrogen (secondary N) is 1. The van der Waals surface area contributed by atoms with Crippen molar-refractivity contribution >= 4 is 16.9 Å². The molecule has 0 radical (unpaired) electrons. The molecule has 0 bridgehead atoms. The Kier molecular flexibility index (Phi) is 5.74. The number of alkyl halides is 3. The number of nitrogens with zero attached hydrogens (tertiary/aromatic N) is 4. The normalized spacial score (nSPS) is 15.1. The quantitative estimate of drug-likeness (QED) is 0.431. The SMILES string of the molecule is CC(=O)N1CCC(Cc2c(-c3ccc(C(F)(F)F)cc3)nn(-c3nc4ccccc4[nH]3)c2O)CC1. The highest BCUT2D eigenvalue weighted by Crippen LogP contribution is 2.37. The summed E-state index contributed by atoms with van der Waals surface area (Å²) < 4.78 is 40.6. The van der Waals surface area contributed by atoms with Gasteiger partial charge in [-0.2, -0.15) is 23.0 Å². The van der Waals surface area contributed by atoms with Gasteiger partial charge in [-0.15, -0.1) is 0 Å². The minimum Gasteiger partial charge on any atom is -0.493 e. The number of carbonyl (C=O) groups is 1. The lowest BCUT2D eigenvalue weighted by Gasteiger charge is -2.31. The number of carbonyl (C=O) groups excluding carboxylic acids is 1. The van der Waals surface area contributed by atoms with Crippen LogP contribution in [-0.4, -0.2) is 48.8 Å². The highest BCUT2D eigenvalue weighted by atomic mass is 19.4. The average Bonchev–Trinajstić information content (AvgIpc) is 3.40. The van der Waals surface area contributed by atoms with Gasteiger partial charge in [0.05, 0.1) is 16.6 Å². The number of para-hydroxylation sites is 2. The molecule has 2 N–H and O–H groups in total. The Bertz CT molecular complexity index is 1330. The molecular weight excluding hydrogens is 459 g/mol. The minimum atomic E-state index is -4.44. The van der Waals surface area contributed by atoms with Gasteiger partial charge in [0.25, 0.3) is 0 Å². The van der Waals surface area contributed by atoms with Crippen LogP contribution < -0.4 is 0 Å². The van der Waals surface area contributed by atoms with Crippen LogP contribution in [0, 0.1) is 5.92 Å². The Morgan fingerprint density at radius 2 is 1.80 bits per heavy atom. The van der Waals surface area contributed by atoms with Crippen molar-refractivity contribution in [3.63, 3.8) is 0 Å². The molecule has 35 heavy (non-hydrogen) atoms. The van der Waals surface area contributed by atoms with Gasteiger partial charge in [0.15, 0.2) is 0 Å². The second-order valence-corrected chi connectivity index (χ2v) is 8.87. The predicted molar refractivity (Wildman–Crippen MR) is 124 cm³/mol. The number of aromatic hydroxyl groups is 1. The number of likely N-dealkylation sites (tertiary alicyclic amines) is 1. The van der Waals surface area contributed by atoms with Crippen molar-refractivity contribution in [1.82, 2.24) is 24.6 Å². The first kappa shape index (κ1) is 22.9. The minimum absolute atomic E-state index is 0.0365. The first-order valence-electron chi connectivity index (χ1n) is 11.4. The molecule has 0 aliphatic carbocycles. The van der Waals surface area contributed by atoms with Crippen LogP contribution in [0.4, 0.5) is 13.2 Å². The molecule has 0 atom stereocenters. The van der Waals surface area contributed by atoms with E-state index in [2.05, 4.69) is 15.1 Å². The summed E-state index contributed by atoms with van der Waals surface area (Å²) in [5.41, 5.74) is 2.15. The average molecular weight is 483 g/mol. The fourth-order valence-corrected chi connectivity index (χ4v) is 4.61. The maximum atomic E-state index is 13.1. The second kappa shape index (κ2) is 8.75. The lowest BCUT2D eigenvalue weighted by atomic mass is 9.89. The fraction of sp³-hybridized carbons (Fsp3) is 0.320. The van der Waals surface area contributed by atoms with Gasteiger partial charge in [0.1, 0.15) is 5.69 Å². The van der Waals surface area contributed by atoms with E-state index >= 15 is 0 Å². The number of fused-ring (bicyclic) bond motifs is 1. The molecule has 2 aromatic carbocycles. The number of hydrogen-bond acceptors (Lipinski definition) is 4. The molecule has 5 rings (SSSR count). The number of rotatable bonds is 4. The van der Waals surface area contributed by atoms with Gasteiger partial charge in [0.2, 0.25) is 17.7 Å². The van der Waals surface area contributed by atoms with Crippen molar-refractivity contribution < 1.29 is 23.1 Å². The highest BCUT2D eigenvalue weighted by Gasteiger charge is 2.31. The van der Waals surface area contributed by atoms with E-state index in [0.717, 1.165) is 30.5 Å². The zero-order valence-corrected chi connectivity index (χ0v) is 19.0. The van der Waals surface area contributed by atoms with Gasteiger partial charge in [-0.05, 0) is 49.4 Å². The lowest BCUT2D eigenvalue weighted by Crippen LogP contribution is -2.37. The molecule has 7 nitrogen and oxygen atoms in total. The number of hydrogen-bond donors (Lipinski definition) is 2. The Hall–Kier alpha value is -3.82. The van der Waals surface area contributed by atoms with Gasteiger partial charge in [0, 0.05) is 31.1 Å². The smallest absolute Gasteiger partial charge is 0.416 e. The molecule has 1 aliphatic heterocycles. The fourth-order valence-electron chi connectivity index (χ4n) is 4.61. The monoisotopic (exact) mass is 483 g/mol. The van der Waals surface area contributed by atoms with E-state index in [1.807, 2.05) is 24.3 Å². The van der Waals surface area contributed by atoms with Gasteiger partial charge < -0.3 is 15.0 Å². The van der Waals surface area contributed by atoms with Crippen LogP contribution in [0.2, 0.25) is 0 Å². The molecule has 1 saturated heterocycles. The molecule has 0 saturated carbocycles. The Morgan fingerprint density at radius 3 is 2.43 bits per heavy atom. The molecule has 4 aromatic rings. The Labute approximate surface area is 199 Å². The van der Waals surface area contributed by atoms with Gasteiger partial charge >= 0.3 is 6.18 Å². The topological polar surface area (TPSA) is 87.0 Å². The number of piperidine rings is 1. The van der Waals surface area contributed by atoms with Crippen LogP contribution >= 0.6 is 0 Å². The number of benzene rings is 2. The number of aromatic amines is 1. The molecule has 182 valence electrons. The van der Waals surface area contributed by atoms with Crippen LogP contribution in [-0.2, 0) is 17.4 Å². The zero-order valence-electron chi connectivity index (χ0n) is 19.0. The summed E-state index contributed by atoms with van der Waals surface area (Å²) >= 11 is 0. The summed E-state index contributed by atoms with van der Waals surface area (Å²) in [5.74, 6) is 0.440. The molecular formula is C25H24F3N5O2. The number of amides is 1. The summed E-state index contributed by atoms with van der Waals surface area (Å²) in [7, 11) is 0. The van der Waals surface area contributed by atoms with Crippen molar-refractivity contribution in [3.05, 3.63) is 59.7 Å². The maximum absolute atomic E-state index is 13.1. The van der Waals surface area contributed by atoms with E-state index < -0.39 is 11.7 Å². The summed E-state index contributed by atoms with van der Waals surface area (Å²) in [6, 6.07) is 12.2. The summed E-state index contributed by atoms with van der Waals surface area (Å²) in [4.78, 5) is 21.1. The lowest BCUT2D eigenvalue weighted by molar-refractivity contribution is -0.137. The molecule has 2 aromatic heterocycles. The predicted octanol–water partition coefficient (Wildman–Crippen LogP) is 4.94. The van der Waals surface area contributed by atoms with Crippen LogP contribution in [0.3, 0.4) is 0 Å². The Balaban J connectivity index is 1.54. The molecule has 1 aliphatic rings. The van der Waals surface area contributed by atoms with Gasteiger partial charge in [-0.3, -0.25) is 4.79 Å². The molecule has 10 heteroatoms. The van der Waals surface area contributed by atoms with Crippen LogP contribution in [0.5, 0.6) is 5.88 Å². The van der Waals surface area contributed by atoms with Crippen LogP contribution in [0.15, 0.2) is 48.5 Å². The zero-order chi connectivity index (χ0) is 24.7. The van der Waals surface area contributed by atoms with E-state index in [9.17, 15) is 23.1 Å². The molecule has 0 unspecified atom stereocenters. The van der Waals surface area contributed by atoms with E-state index in [-0.39, 0.29) is 17.7 Å². The second-order valence-electron chi connectivity index (χ2n) is 8.87. The first-order valence-corrected chi connectivity index (χ1v) is 11.4. The van der Waals surface area contributed by atoms with Crippen molar-refractivity contribution in [3.8, 4) is 23.1 Å². The summed E-state index contributed by atoms with van der Waals surface area (Å²) in [6.07, 6.45) is -2.43. The van der Waals surface area contributed by atoms with E-state index in [1.165, 1.54) is 16.8 Å². The standard InChI is InChI=1S/C25H24F3N5O2/c1-15(34)32-12-10-16(11-13-32)14-19-22(17-6-8-18(9-7-17)25(26,27)28)31-33(23(19)35)24-29-20-4-2-3-5-21(20)30-24/h2-9,16,35H,10-14H2,1H3,(H,29,30). The number of imidazole rings is 1. The van der Waals surface area contributed by atoms with Crippen molar-refractivity contribution in [2.24, 2.45) is 5.92 Å². The third-order valence-corrected chi connectivity index (χ3v) is 6.57. The summed E-state index contributed by atoms with van der Waals surface area (Å²) in [6.45, 7) is 2.81. The van der Waals surface area contributed by atoms with Gasteiger partial charge in [-0.1, -0.05) is 24.3 Å². The van der Waals surface area contributed by atoms with Crippen LogP contribution in [0.25, 0.3) is 28.2 Å². The molecule has 1 amide bonds. The third-order valence-electron chi connectivity index (χ3n) is 6.57. The number of halogens is 3. The number of H-pyrrole nitrogens is 1. The highest BCUT2D eigenvalue weighted by molar-refractivity contribution is 5.76. The van der Waals surface area contributed by atoms with Crippen molar-refractivity contribution in [2.45, 2.75) is 32.4 Å². The third kappa shape index (κ3) is 4.48. The summed E-state index contributed by atoms with van der Waals surface area (Å²) in [5, 5.41) is 15.8.